The van der Waals surface area contributed by atoms with Gasteiger partial charge in [0, 0.05) is 0 Å². The normalized spacial score (nSPS) is 12.4. The van der Waals surface area contributed by atoms with E-state index in [-0.39, 0.29) is 5.82 Å². The van der Waals surface area contributed by atoms with Crippen molar-refractivity contribution in [1.82, 2.24) is 0 Å². The summed E-state index contributed by atoms with van der Waals surface area (Å²) in [6, 6.07) is 24.3. The average Bonchev–Trinajstić information content (AvgIpc) is 2.69. The zero-order valence-electron chi connectivity index (χ0n) is 16.2. The second-order valence-electron chi connectivity index (χ2n) is 7.22. The van der Waals surface area contributed by atoms with Crippen molar-refractivity contribution < 1.29 is 4.39 Å². The third-order valence-corrected chi connectivity index (χ3v) is 4.95. The van der Waals surface area contributed by atoms with Crippen LogP contribution in [0.1, 0.15) is 54.0 Å². The monoisotopic (exact) mass is 358 g/mol. The first-order valence-electron chi connectivity index (χ1n) is 9.75. The third kappa shape index (κ3) is 5.65. The van der Waals surface area contributed by atoms with Gasteiger partial charge in [0.1, 0.15) is 5.82 Å². The maximum atomic E-state index is 13.0. The molecule has 0 aliphatic heterocycles. The first-order valence-corrected chi connectivity index (χ1v) is 9.75. The highest BCUT2D eigenvalue weighted by Crippen LogP contribution is 2.22. The zero-order valence-corrected chi connectivity index (χ0v) is 16.2. The maximum absolute atomic E-state index is 13.0. The molecule has 0 saturated heterocycles. The van der Waals surface area contributed by atoms with E-state index in [4.69, 9.17) is 0 Å². The van der Waals surface area contributed by atoms with Crippen LogP contribution < -0.4 is 0 Å². The van der Waals surface area contributed by atoms with Crippen LogP contribution in [0, 0.1) is 5.82 Å². The minimum atomic E-state index is -0.203. The summed E-state index contributed by atoms with van der Waals surface area (Å²) < 4.78 is 13.0. The van der Waals surface area contributed by atoms with Crippen molar-refractivity contribution in [3.05, 3.63) is 106 Å². The van der Waals surface area contributed by atoms with Gasteiger partial charge in [-0.05, 0) is 58.7 Å². The molecule has 0 heterocycles. The summed E-state index contributed by atoms with van der Waals surface area (Å²) in [7, 11) is 0. The van der Waals surface area contributed by atoms with Gasteiger partial charge in [-0.1, -0.05) is 93.1 Å². The Labute approximate surface area is 162 Å². The molecule has 3 aromatic carbocycles. The van der Waals surface area contributed by atoms with Gasteiger partial charge in [-0.2, -0.15) is 0 Å². The van der Waals surface area contributed by atoms with Crippen molar-refractivity contribution in [2.24, 2.45) is 0 Å². The van der Waals surface area contributed by atoms with Crippen LogP contribution in [0.2, 0.25) is 0 Å². The molecule has 0 nitrogen and oxygen atoms in total. The molecule has 0 N–H and O–H groups in total. The van der Waals surface area contributed by atoms with Crippen molar-refractivity contribution in [3.8, 4) is 0 Å². The minimum Gasteiger partial charge on any atom is -0.207 e. The van der Waals surface area contributed by atoms with Crippen LogP contribution in [0.15, 0.2) is 72.8 Å². The highest BCUT2D eigenvalue weighted by atomic mass is 19.1. The molecule has 3 aromatic rings. The van der Waals surface area contributed by atoms with Gasteiger partial charge in [0.25, 0.3) is 0 Å². The van der Waals surface area contributed by atoms with Crippen molar-refractivity contribution in [3.63, 3.8) is 0 Å². The summed E-state index contributed by atoms with van der Waals surface area (Å²) in [4.78, 5) is 0. The Balaban J connectivity index is 1.60. The second-order valence-corrected chi connectivity index (χ2v) is 7.22. The minimum absolute atomic E-state index is 0.203. The van der Waals surface area contributed by atoms with E-state index in [9.17, 15) is 4.39 Å². The quantitative estimate of drug-likeness (QED) is 0.389. The van der Waals surface area contributed by atoms with Gasteiger partial charge in [-0.25, -0.2) is 4.39 Å². The predicted octanol–water partition coefficient (Wildman–Crippen LogP) is 7.29. The van der Waals surface area contributed by atoms with Crippen LogP contribution in [-0.2, 0) is 12.8 Å². The second kappa shape index (κ2) is 9.32. The molecule has 3 rings (SSSR count). The van der Waals surface area contributed by atoms with Crippen molar-refractivity contribution in [1.29, 1.82) is 0 Å². The van der Waals surface area contributed by atoms with E-state index in [2.05, 4.69) is 68.5 Å². The highest BCUT2D eigenvalue weighted by Gasteiger charge is 2.07. The van der Waals surface area contributed by atoms with E-state index in [1.807, 2.05) is 6.08 Å². The number of hydrogen-bond donors (Lipinski definition) is 0. The van der Waals surface area contributed by atoms with E-state index < -0.39 is 0 Å². The molecule has 0 aromatic heterocycles. The number of benzene rings is 3. The molecule has 0 bridgehead atoms. The molecule has 0 aliphatic carbocycles. The highest BCUT2D eigenvalue weighted by molar-refractivity contribution is 5.69. The summed E-state index contributed by atoms with van der Waals surface area (Å²) in [5.41, 5.74) is 6.32. The van der Waals surface area contributed by atoms with Crippen LogP contribution in [-0.4, -0.2) is 0 Å². The fraction of sp³-hybridized carbons (Fsp3) is 0.231. The topological polar surface area (TPSA) is 0 Å². The standard InChI is InChI=1S/C26H27F/c1-3-4-21-11-15-25(16-12-21)20(2)19-24-9-7-22(8-10-24)5-6-23-13-17-26(27)18-14-23/h5-18,20H,3-4,19H2,1-2H3/t20-/m1/s1. The number of aryl methyl sites for hydroxylation is 1. The number of hydrogen-bond acceptors (Lipinski definition) is 0. The molecule has 1 heteroatoms. The Hall–Kier alpha value is -2.67. The lowest BCUT2D eigenvalue weighted by Gasteiger charge is -2.13. The van der Waals surface area contributed by atoms with E-state index in [0.29, 0.717) is 5.92 Å². The Kier molecular flexibility index (Phi) is 6.59. The van der Waals surface area contributed by atoms with E-state index >= 15 is 0 Å². The van der Waals surface area contributed by atoms with Gasteiger partial charge in [-0.15, -0.1) is 0 Å². The Morgan fingerprint density at radius 3 is 1.81 bits per heavy atom. The fourth-order valence-electron chi connectivity index (χ4n) is 3.30. The van der Waals surface area contributed by atoms with Crippen molar-refractivity contribution in [2.45, 2.75) is 39.0 Å². The molecule has 0 fully saturated rings. The Morgan fingerprint density at radius 1 is 0.741 bits per heavy atom. The molecule has 0 radical (unpaired) electrons. The molecule has 138 valence electrons. The van der Waals surface area contributed by atoms with Crippen LogP contribution in [0.4, 0.5) is 4.39 Å². The van der Waals surface area contributed by atoms with Crippen LogP contribution in [0.25, 0.3) is 12.2 Å². The summed E-state index contributed by atoms with van der Waals surface area (Å²) in [5, 5.41) is 0. The van der Waals surface area contributed by atoms with Crippen molar-refractivity contribution in [2.75, 3.05) is 0 Å². The summed E-state index contributed by atoms with van der Waals surface area (Å²) >= 11 is 0. The fourth-order valence-corrected chi connectivity index (χ4v) is 3.30. The zero-order chi connectivity index (χ0) is 19.1. The molecule has 0 amide bonds. The first kappa shape index (κ1) is 19.1. The largest absolute Gasteiger partial charge is 0.207 e. The molecule has 0 aliphatic rings. The smallest absolute Gasteiger partial charge is 0.123 e. The molecule has 1 atom stereocenters. The average molecular weight is 358 g/mol. The number of rotatable bonds is 7. The van der Waals surface area contributed by atoms with Gasteiger partial charge < -0.3 is 0 Å². The van der Waals surface area contributed by atoms with E-state index in [1.54, 1.807) is 12.1 Å². The Bertz CT molecular complexity index is 856. The Morgan fingerprint density at radius 2 is 1.26 bits per heavy atom. The van der Waals surface area contributed by atoms with E-state index in [1.165, 1.54) is 35.2 Å². The lowest BCUT2D eigenvalue weighted by atomic mass is 9.92. The predicted molar refractivity (Wildman–Crippen MR) is 114 cm³/mol. The van der Waals surface area contributed by atoms with Crippen molar-refractivity contribution >= 4 is 12.2 Å². The third-order valence-electron chi connectivity index (χ3n) is 4.95. The molecule has 0 saturated carbocycles. The lowest BCUT2D eigenvalue weighted by molar-refractivity contribution is 0.628. The van der Waals surface area contributed by atoms with Gasteiger partial charge in [0.15, 0.2) is 0 Å². The first-order chi connectivity index (χ1) is 13.1. The van der Waals surface area contributed by atoms with Gasteiger partial charge in [0.05, 0.1) is 0 Å². The van der Waals surface area contributed by atoms with Gasteiger partial charge in [0.2, 0.25) is 0 Å². The molecule has 0 unspecified atom stereocenters. The van der Waals surface area contributed by atoms with Gasteiger partial charge >= 0.3 is 0 Å². The van der Waals surface area contributed by atoms with E-state index in [0.717, 1.165) is 24.0 Å². The molecule has 27 heavy (non-hydrogen) atoms. The lowest BCUT2D eigenvalue weighted by Crippen LogP contribution is -1.99. The molecular formula is C26H27F. The summed E-state index contributed by atoms with van der Waals surface area (Å²) in [6.45, 7) is 4.51. The molecule has 0 spiro atoms. The number of halogens is 1. The maximum Gasteiger partial charge on any atom is 0.123 e. The van der Waals surface area contributed by atoms with Gasteiger partial charge in [-0.3, -0.25) is 0 Å². The van der Waals surface area contributed by atoms with Crippen LogP contribution in [0.5, 0.6) is 0 Å². The van der Waals surface area contributed by atoms with Crippen LogP contribution in [0.3, 0.4) is 0 Å². The van der Waals surface area contributed by atoms with Crippen LogP contribution >= 0.6 is 0 Å². The SMILES string of the molecule is CCCc1ccc([C@H](C)Cc2ccc(C=Cc3ccc(F)cc3)cc2)cc1. The summed E-state index contributed by atoms with van der Waals surface area (Å²) in [5.74, 6) is 0.298. The molecular weight excluding hydrogens is 331 g/mol. The summed E-state index contributed by atoms with van der Waals surface area (Å²) in [6.07, 6.45) is 7.45.